The Morgan fingerprint density at radius 2 is 2.05 bits per heavy atom. The Morgan fingerprint density at radius 1 is 1.25 bits per heavy atom. The van der Waals surface area contributed by atoms with Crippen molar-refractivity contribution in [2.75, 3.05) is 46.8 Å². The van der Waals surface area contributed by atoms with Gasteiger partial charge in [0.2, 0.25) is 0 Å². The van der Waals surface area contributed by atoms with Crippen LogP contribution in [0.3, 0.4) is 0 Å². The monoisotopic (exact) mass is 275 g/mol. The average Bonchev–Trinajstić information content (AvgIpc) is 2.65. The smallest absolute Gasteiger partial charge is 0.0235 e. The summed E-state index contributed by atoms with van der Waals surface area (Å²) in [7, 11) is 4.31. The van der Waals surface area contributed by atoms with E-state index in [0.717, 1.165) is 13.0 Å². The predicted molar refractivity (Wildman–Crippen MR) is 86.2 cm³/mol. The molecule has 1 aliphatic heterocycles. The Labute approximate surface area is 124 Å². The minimum absolute atomic E-state index is 0.597. The summed E-state index contributed by atoms with van der Waals surface area (Å²) >= 11 is 0. The van der Waals surface area contributed by atoms with E-state index in [1.54, 1.807) is 0 Å². The molecule has 1 fully saturated rings. The van der Waals surface area contributed by atoms with Crippen molar-refractivity contribution in [3.8, 4) is 0 Å². The highest BCUT2D eigenvalue weighted by atomic mass is 15.2. The van der Waals surface area contributed by atoms with Crippen LogP contribution in [0.15, 0.2) is 30.3 Å². The second-order valence-corrected chi connectivity index (χ2v) is 6.15. The van der Waals surface area contributed by atoms with Crippen molar-refractivity contribution >= 4 is 0 Å². The zero-order valence-electron chi connectivity index (χ0n) is 13.0. The number of rotatable bonds is 6. The van der Waals surface area contributed by atoms with Crippen LogP contribution in [0.4, 0.5) is 0 Å². The number of hydrogen-bond donors (Lipinski definition) is 1. The SMILES string of the molecule is CN(C)CCCN1CCCNC(Cc2ccccc2)C1. The maximum absolute atomic E-state index is 3.71. The molecule has 0 aromatic heterocycles. The Morgan fingerprint density at radius 3 is 2.80 bits per heavy atom. The first-order valence-corrected chi connectivity index (χ1v) is 7.88. The summed E-state index contributed by atoms with van der Waals surface area (Å²) in [6, 6.07) is 11.4. The first-order chi connectivity index (χ1) is 9.74. The highest BCUT2D eigenvalue weighted by Gasteiger charge is 2.17. The highest BCUT2D eigenvalue weighted by molar-refractivity contribution is 5.16. The van der Waals surface area contributed by atoms with Crippen molar-refractivity contribution < 1.29 is 0 Å². The summed E-state index contributed by atoms with van der Waals surface area (Å²) in [5, 5.41) is 3.71. The van der Waals surface area contributed by atoms with Gasteiger partial charge in [0.15, 0.2) is 0 Å². The molecule has 2 rings (SSSR count). The molecule has 3 nitrogen and oxygen atoms in total. The predicted octanol–water partition coefficient (Wildman–Crippen LogP) is 1.84. The lowest BCUT2D eigenvalue weighted by Crippen LogP contribution is -2.40. The second-order valence-electron chi connectivity index (χ2n) is 6.15. The van der Waals surface area contributed by atoms with E-state index in [9.17, 15) is 0 Å². The molecule has 112 valence electrons. The first kappa shape index (κ1) is 15.5. The lowest BCUT2D eigenvalue weighted by Gasteiger charge is -2.25. The zero-order chi connectivity index (χ0) is 14.2. The van der Waals surface area contributed by atoms with Crippen LogP contribution in [0.2, 0.25) is 0 Å². The van der Waals surface area contributed by atoms with Crippen molar-refractivity contribution in [3.63, 3.8) is 0 Å². The van der Waals surface area contributed by atoms with Gasteiger partial charge in [0.1, 0.15) is 0 Å². The molecule has 1 aromatic rings. The molecule has 0 amide bonds. The van der Waals surface area contributed by atoms with E-state index in [4.69, 9.17) is 0 Å². The van der Waals surface area contributed by atoms with Gasteiger partial charge in [-0.05, 0) is 65.1 Å². The summed E-state index contributed by atoms with van der Waals surface area (Å²) in [4.78, 5) is 4.91. The van der Waals surface area contributed by atoms with Crippen molar-refractivity contribution in [1.29, 1.82) is 0 Å². The van der Waals surface area contributed by atoms with Crippen LogP contribution in [0.25, 0.3) is 0 Å². The summed E-state index contributed by atoms with van der Waals surface area (Å²) < 4.78 is 0. The topological polar surface area (TPSA) is 18.5 Å². The van der Waals surface area contributed by atoms with Crippen molar-refractivity contribution in [1.82, 2.24) is 15.1 Å². The van der Waals surface area contributed by atoms with Gasteiger partial charge in [0.05, 0.1) is 0 Å². The van der Waals surface area contributed by atoms with E-state index >= 15 is 0 Å². The summed E-state index contributed by atoms with van der Waals surface area (Å²) in [6.45, 7) is 5.99. The molecule has 1 heterocycles. The quantitative estimate of drug-likeness (QED) is 0.855. The van der Waals surface area contributed by atoms with E-state index in [1.165, 1.54) is 44.6 Å². The Hall–Kier alpha value is -0.900. The third-order valence-electron chi connectivity index (χ3n) is 3.97. The fourth-order valence-electron chi connectivity index (χ4n) is 2.93. The van der Waals surface area contributed by atoms with E-state index in [-0.39, 0.29) is 0 Å². The summed E-state index contributed by atoms with van der Waals surface area (Å²) in [5.74, 6) is 0. The number of benzene rings is 1. The number of nitrogens with zero attached hydrogens (tertiary/aromatic N) is 2. The lowest BCUT2D eigenvalue weighted by molar-refractivity contribution is 0.250. The molecule has 0 radical (unpaired) electrons. The first-order valence-electron chi connectivity index (χ1n) is 7.88. The highest BCUT2D eigenvalue weighted by Crippen LogP contribution is 2.08. The third kappa shape index (κ3) is 5.61. The van der Waals surface area contributed by atoms with Crippen LogP contribution in [0.1, 0.15) is 18.4 Å². The molecule has 1 aliphatic rings. The standard InChI is InChI=1S/C17H29N3/c1-19(2)11-7-13-20-12-6-10-18-17(15-20)14-16-8-4-3-5-9-16/h3-5,8-9,17-18H,6-7,10-15H2,1-2H3. The summed E-state index contributed by atoms with van der Waals surface area (Å²) in [6.07, 6.45) is 3.68. The molecule has 1 saturated heterocycles. The van der Waals surface area contributed by atoms with Gasteiger partial charge in [-0.1, -0.05) is 30.3 Å². The Kier molecular flexibility index (Phi) is 6.51. The van der Waals surface area contributed by atoms with Crippen LogP contribution in [0.5, 0.6) is 0 Å². The van der Waals surface area contributed by atoms with Crippen LogP contribution in [-0.4, -0.2) is 62.7 Å². The zero-order valence-corrected chi connectivity index (χ0v) is 13.0. The molecule has 3 heteroatoms. The van der Waals surface area contributed by atoms with Crippen LogP contribution >= 0.6 is 0 Å². The van der Waals surface area contributed by atoms with Crippen molar-refractivity contribution in [2.45, 2.75) is 25.3 Å². The molecule has 1 atom stereocenters. The van der Waals surface area contributed by atoms with Gasteiger partial charge in [-0.15, -0.1) is 0 Å². The van der Waals surface area contributed by atoms with E-state index in [0.29, 0.717) is 6.04 Å². The van der Waals surface area contributed by atoms with Crippen LogP contribution in [-0.2, 0) is 6.42 Å². The minimum atomic E-state index is 0.597. The molecule has 1 aromatic carbocycles. The van der Waals surface area contributed by atoms with Gasteiger partial charge < -0.3 is 15.1 Å². The molecule has 0 spiro atoms. The Bertz CT molecular complexity index is 364. The molecule has 0 saturated carbocycles. The van der Waals surface area contributed by atoms with E-state index in [1.807, 2.05) is 0 Å². The van der Waals surface area contributed by atoms with Gasteiger partial charge in [0, 0.05) is 12.6 Å². The molecule has 1 N–H and O–H groups in total. The van der Waals surface area contributed by atoms with Crippen molar-refractivity contribution in [2.24, 2.45) is 0 Å². The number of hydrogen-bond acceptors (Lipinski definition) is 3. The Balaban J connectivity index is 1.80. The fourth-order valence-corrected chi connectivity index (χ4v) is 2.93. The molecular formula is C17H29N3. The normalized spacial score (nSPS) is 21.1. The maximum Gasteiger partial charge on any atom is 0.0235 e. The average molecular weight is 275 g/mol. The fraction of sp³-hybridized carbons (Fsp3) is 0.647. The van der Waals surface area contributed by atoms with Gasteiger partial charge >= 0.3 is 0 Å². The van der Waals surface area contributed by atoms with E-state index < -0.39 is 0 Å². The number of nitrogens with one attached hydrogen (secondary N) is 1. The van der Waals surface area contributed by atoms with Gasteiger partial charge in [-0.3, -0.25) is 0 Å². The van der Waals surface area contributed by atoms with Gasteiger partial charge in [0.25, 0.3) is 0 Å². The van der Waals surface area contributed by atoms with Crippen LogP contribution in [0, 0.1) is 0 Å². The molecule has 0 bridgehead atoms. The third-order valence-corrected chi connectivity index (χ3v) is 3.97. The lowest BCUT2D eigenvalue weighted by atomic mass is 10.1. The molecule has 1 unspecified atom stereocenters. The largest absolute Gasteiger partial charge is 0.312 e. The van der Waals surface area contributed by atoms with Crippen LogP contribution < -0.4 is 5.32 Å². The second kappa shape index (κ2) is 8.40. The maximum atomic E-state index is 3.71. The summed E-state index contributed by atoms with van der Waals surface area (Å²) in [5.41, 5.74) is 1.44. The van der Waals surface area contributed by atoms with E-state index in [2.05, 4.69) is 59.5 Å². The van der Waals surface area contributed by atoms with Gasteiger partial charge in [-0.25, -0.2) is 0 Å². The minimum Gasteiger partial charge on any atom is -0.312 e. The van der Waals surface area contributed by atoms with Gasteiger partial charge in [-0.2, -0.15) is 0 Å². The molecular weight excluding hydrogens is 246 g/mol. The molecule has 0 aliphatic carbocycles. The molecule has 20 heavy (non-hydrogen) atoms. The van der Waals surface area contributed by atoms with Crippen molar-refractivity contribution in [3.05, 3.63) is 35.9 Å².